The third-order valence-corrected chi connectivity index (χ3v) is 5.08. The fraction of sp³-hybridized carbons (Fsp3) is 0.571. The van der Waals surface area contributed by atoms with E-state index in [9.17, 15) is 22.9 Å². The number of hydrogen-bond donors (Lipinski definition) is 1. The lowest BCUT2D eigenvalue weighted by Gasteiger charge is -2.36. The second-order valence-corrected chi connectivity index (χ2v) is 8.07. The minimum absolute atomic E-state index is 0.0422. The number of para-hydroxylation sites is 1. The smallest absolute Gasteiger partial charge is 0.327 e. The maximum absolute atomic E-state index is 13.6. The van der Waals surface area contributed by atoms with Crippen LogP contribution in [-0.2, 0) is 14.6 Å². The number of nitrogens with one attached hydrogen (secondary N) is 1. The van der Waals surface area contributed by atoms with E-state index in [-0.39, 0.29) is 18.0 Å². The number of hydrogen-bond acceptors (Lipinski definition) is 6. The van der Waals surface area contributed by atoms with Crippen LogP contribution in [0.3, 0.4) is 0 Å². The van der Waals surface area contributed by atoms with Crippen molar-refractivity contribution in [3.8, 4) is 0 Å². The van der Waals surface area contributed by atoms with Gasteiger partial charge in [0.2, 0.25) is 5.82 Å². The van der Waals surface area contributed by atoms with Crippen molar-refractivity contribution < 1.29 is 22.5 Å². The molecule has 1 aromatic rings. The summed E-state index contributed by atoms with van der Waals surface area (Å²) in [5.74, 6) is -0.969. The average Bonchev–Trinajstić information content (AvgIpc) is 2.44. The number of ether oxygens (including phenoxy) is 1. The largest absolute Gasteiger partial charge is 0.381 e. The molecule has 0 aromatic heterocycles. The van der Waals surface area contributed by atoms with Gasteiger partial charge in [-0.1, -0.05) is 6.07 Å². The Kier molecular flexibility index (Phi) is 5.20. The van der Waals surface area contributed by atoms with E-state index in [4.69, 9.17) is 4.74 Å². The van der Waals surface area contributed by atoms with Gasteiger partial charge in [-0.15, -0.1) is 0 Å². The van der Waals surface area contributed by atoms with Crippen LogP contribution in [0, 0.1) is 21.3 Å². The maximum Gasteiger partial charge on any atom is 0.327 e. The van der Waals surface area contributed by atoms with Gasteiger partial charge in [0, 0.05) is 31.4 Å². The van der Waals surface area contributed by atoms with E-state index in [1.165, 1.54) is 12.1 Å². The molecule has 2 rings (SSSR count). The Balaban J connectivity index is 2.22. The zero-order valence-corrected chi connectivity index (χ0v) is 13.6. The van der Waals surface area contributed by atoms with Crippen LogP contribution in [0.1, 0.15) is 12.8 Å². The van der Waals surface area contributed by atoms with Crippen LogP contribution >= 0.6 is 0 Å². The van der Waals surface area contributed by atoms with Crippen LogP contribution in [0.4, 0.5) is 15.8 Å². The summed E-state index contributed by atoms with van der Waals surface area (Å²) < 4.78 is 42.3. The minimum atomic E-state index is -3.22. The standard InChI is InChI=1S/C14H19FN2O5S/c1-23(20,21)10-14(5-7-22-8-6-14)9-16-12-4-2-3-11(15)13(12)17(18)19/h2-4,16H,5-10H2,1H3. The first kappa shape index (κ1) is 17.6. The lowest BCUT2D eigenvalue weighted by atomic mass is 9.82. The summed E-state index contributed by atoms with van der Waals surface area (Å²) in [5, 5.41) is 13.9. The van der Waals surface area contributed by atoms with Crippen LogP contribution in [0.5, 0.6) is 0 Å². The van der Waals surface area contributed by atoms with Crippen molar-refractivity contribution in [2.45, 2.75) is 12.8 Å². The van der Waals surface area contributed by atoms with E-state index in [0.29, 0.717) is 26.1 Å². The van der Waals surface area contributed by atoms with Crippen molar-refractivity contribution in [2.24, 2.45) is 5.41 Å². The molecule has 1 heterocycles. The fourth-order valence-electron chi connectivity index (χ4n) is 2.86. The van der Waals surface area contributed by atoms with Gasteiger partial charge in [-0.05, 0) is 25.0 Å². The Bertz CT molecular complexity index is 686. The van der Waals surface area contributed by atoms with Gasteiger partial charge in [-0.2, -0.15) is 4.39 Å². The van der Waals surface area contributed by atoms with E-state index in [0.717, 1.165) is 12.3 Å². The van der Waals surface area contributed by atoms with Crippen molar-refractivity contribution in [3.63, 3.8) is 0 Å². The van der Waals surface area contributed by atoms with Crippen molar-refractivity contribution in [2.75, 3.05) is 37.1 Å². The summed E-state index contributed by atoms with van der Waals surface area (Å²) in [6.07, 6.45) is 2.21. The highest BCUT2D eigenvalue weighted by Gasteiger charge is 2.36. The van der Waals surface area contributed by atoms with Crippen molar-refractivity contribution in [1.82, 2.24) is 0 Å². The Labute approximate surface area is 133 Å². The van der Waals surface area contributed by atoms with Gasteiger partial charge in [0.05, 0.1) is 10.7 Å². The van der Waals surface area contributed by atoms with Crippen LogP contribution in [0.25, 0.3) is 0 Å². The minimum Gasteiger partial charge on any atom is -0.381 e. The molecule has 1 aliphatic rings. The van der Waals surface area contributed by atoms with Gasteiger partial charge in [-0.25, -0.2) is 8.42 Å². The number of nitrogens with zero attached hydrogens (tertiary/aromatic N) is 1. The van der Waals surface area contributed by atoms with E-state index in [1.807, 2.05) is 0 Å². The van der Waals surface area contributed by atoms with E-state index >= 15 is 0 Å². The Hall–Kier alpha value is -1.74. The predicted octanol–water partition coefficient (Wildman–Crippen LogP) is 1.99. The highest BCUT2D eigenvalue weighted by molar-refractivity contribution is 7.90. The van der Waals surface area contributed by atoms with Gasteiger partial charge in [-0.3, -0.25) is 10.1 Å². The van der Waals surface area contributed by atoms with Gasteiger partial charge in [0.25, 0.3) is 0 Å². The number of halogens is 1. The maximum atomic E-state index is 13.6. The first-order valence-corrected chi connectivity index (χ1v) is 9.21. The molecule has 7 nitrogen and oxygen atoms in total. The highest BCUT2D eigenvalue weighted by atomic mass is 32.2. The molecular formula is C14H19FN2O5S. The normalized spacial score (nSPS) is 17.7. The molecule has 1 N–H and O–H groups in total. The number of nitro benzene ring substituents is 1. The molecule has 128 valence electrons. The number of benzene rings is 1. The molecule has 0 atom stereocenters. The average molecular weight is 346 g/mol. The second-order valence-electron chi connectivity index (χ2n) is 5.93. The Morgan fingerprint density at radius 1 is 1.39 bits per heavy atom. The summed E-state index contributed by atoms with van der Waals surface area (Å²) in [6.45, 7) is 1.07. The van der Waals surface area contributed by atoms with Crippen LogP contribution in [0.15, 0.2) is 18.2 Å². The van der Waals surface area contributed by atoms with Crippen molar-refractivity contribution >= 4 is 21.2 Å². The number of nitro groups is 1. The zero-order chi connectivity index (χ0) is 17.1. The molecule has 1 aromatic carbocycles. The quantitative estimate of drug-likeness (QED) is 0.625. The molecule has 1 aliphatic heterocycles. The third-order valence-electron chi connectivity index (χ3n) is 3.95. The monoisotopic (exact) mass is 346 g/mol. The van der Waals surface area contributed by atoms with Crippen molar-refractivity contribution in [3.05, 3.63) is 34.1 Å². The number of rotatable bonds is 6. The summed E-state index contributed by atoms with van der Waals surface area (Å²) in [6, 6.07) is 3.80. The van der Waals surface area contributed by atoms with Gasteiger partial charge in [0.15, 0.2) is 0 Å². The summed E-state index contributed by atoms with van der Waals surface area (Å²) in [4.78, 5) is 10.2. The zero-order valence-electron chi connectivity index (χ0n) is 12.7. The molecule has 1 saturated heterocycles. The van der Waals surface area contributed by atoms with Gasteiger partial charge >= 0.3 is 5.69 Å². The molecular weight excluding hydrogens is 327 g/mol. The van der Waals surface area contributed by atoms with Crippen LogP contribution in [-0.4, -0.2) is 45.1 Å². The molecule has 0 unspecified atom stereocenters. The Morgan fingerprint density at radius 2 is 2.04 bits per heavy atom. The van der Waals surface area contributed by atoms with E-state index in [1.54, 1.807) is 0 Å². The summed E-state index contributed by atoms with van der Waals surface area (Å²) >= 11 is 0. The topological polar surface area (TPSA) is 98.5 Å². The van der Waals surface area contributed by atoms with E-state index in [2.05, 4.69) is 5.32 Å². The first-order chi connectivity index (χ1) is 10.7. The summed E-state index contributed by atoms with van der Waals surface area (Å²) in [7, 11) is -3.22. The SMILES string of the molecule is CS(=O)(=O)CC1(CNc2cccc(F)c2[N+](=O)[O-])CCOCC1. The lowest BCUT2D eigenvalue weighted by Crippen LogP contribution is -2.41. The molecule has 0 aliphatic carbocycles. The predicted molar refractivity (Wildman–Crippen MR) is 83.7 cm³/mol. The van der Waals surface area contributed by atoms with Gasteiger partial charge in [0.1, 0.15) is 15.5 Å². The Morgan fingerprint density at radius 3 is 2.61 bits per heavy atom. The van der Waals surface area contributed by atoms with E-state index < -0.39 is 31.7 Å². The molecule has 0 bridgehead atoms. The molecule has 9 heteroatoms. The lowest BCUT2D eigenvalue weighted by molar-refractivity contribution is -0.386. The highest BCUT2D eigenvalue weighted by Crippen LogP contribution is 2.34. The second kappa shape index (κ2) is 6.79. The molecule has 0 saturated carbocycles. The molecule has 0 amide bonds. The van der Waals surface area contributed by atoms with Gasteiger partial charge < -0.3 is 10.1 Å². The first-order valence-electron chi connectivity index (χ1n) is 7.15. The van der Waals surface area contributed by atoms with Crippen LogP contribution in [0.2, 0.25) is 0 Å². The fourth-order valence-corrected chi connectivity index (χ4v) is 4.36. The number of sulfone groups is 1. The molecule has 1 fully saturated rings. The summed E-state index contributed by atoms with van der Waals surface area (Å²) in [5.41, 5.74) is -1.16. The third kappa shape index (κ3) is 4.61. The molecule has 0 radical (unpaired) electrons. The number of anilines is 1. The van der Waals surface area contributed by atoms with Crippen LogP contribution < -0.4 is 5.32 Å². The molecule has 0 spiro atoms. The molecule has 23 heavy (non-hydrogen) atoms. The van der Waals surface area contributed by atoms with Crippen molar-refractivity contribution in [1.29, 1.82) is 0 Å².